The summed E-state index contributed by atoms with van der Waals surface area (Å²) in [4.78, 5) is 11.0. The van der Waals surface area contributed by atoms with E-state index in [1.165, 1.54) is 19.2 Å². The number of hydrogen-bond donors (Lipinski definition) is 1. The highest BCUT2D eigenvalue weighted by molar-refractivity contribution is 5.92. The Kier molecular flexibility index (Phi) is 3.51. The van der Waals surface area contributed by atoms with Crippen molar-refractivity contribution in [3.05, 3.63) is 53.3 Å². The fourth-order valence-corrected chi connectivity index (χ4v) is 1.87. The fourth-order valence-electron chi connectivity index (χ4n) is 1.87. The third-order valence-corrected chi connectivity index (χ3v) is 2.92. The predicted octanol–water partition coefficient (Wildman–Crippen LogP) is 3.51. The zero-order valence-corrected chi connectivity index (χ0v) is 10.6. The van der Waals surface area contributed by atoms with E-state index in [1.54, 1.807) is 31.2 Å². The number of aromatic carboxylic acids is 1. The maximum absolute atomic E-state index is 13.2. The lowest BCUT2D eigenvalue weighted by molar-refractivity contribution is 0.0693. The highest BCUT2D eigenvalue weighted by atomic mass is 19.1. The van der Waals surface area contributed by atoms with Crippen molar-refractivity contribution in [3.63, 3.8) is 0 Å². The Bertz CT molecular complexity index is 635. The van der Waals surface area contributed by atoms with Crippen molar-refractivity contribution in [2.45, 2.75) is 6.92 Å². The molecule has 1 N–H and O–H groups in total. The Balaban J connectivity index is 2.51. The van der Waals surface area contributed by atoms with E-state index >= 15 is 0 Å². The second-order valence-electron chi connectivity index (χ2n) is 4.18. The van der Waals surface area contributed by atoms with Crippen LogP contribution in [0.1, 0.15) is 15.9 Å². The van der Waals surface area contributed by atoms with Gasteiger partial charge in [-0.15, -0.1) is 0 Å². The number of benzene rings is 2. The molecule has 4 heteroatoms. The van der Waals surface area contributed by atoms with Gasteiger partial charge in [0.2, 0.25) is 0 Å². The van der Waals surface area contributed by atoms with Crippen LogP contribution in [0.2, 0.25) is 0 Å². The Hall–Kier alpha value is -2.36. The summed E-state index contributed by atoms with van der Waals surface area (Å²) in [5.74, 6) is -1.02. The number of carboxylic acids is 1. The van der Waals surface area contributed by atoms with Crippen molar-refractivity contribution < 1.29 is 19.0 Å². The Labute approximate surface area is 110 Å². The van der Waals surface area contributed by atoms with Crippen LogP contribution in [0, 0.1) is 12.7 Å². The van der Waals surface area contributed by atoms with Crippen molar-refractivity contribution >= 4 is 5.97 Å². The van der Waals surface area contributed by atoms with Crippen molar-refractivity contribution in [2.75, 3.05) is 7.11 Å². The van der Waals surface area contributed by atoms with Gasteiger partial charge in [-0.25, -0.2) is 9.18 Å². The van der Waals surface area contributed by atoms with E-state index in [4.69, 9.17) is 9.84 Å². The molecule has 2 aromatic rings. The number of rotatable bonds is 3. The van der Waals surface area contributed by atoms with Crippen LogP contribution in [0.5, 0.6) is 5.75 Å². The van der Waals surface area contributed by atoms with Crippen LogP contribution in [-0.2, 0) is 0 Å². The second-order valence-corrected chi connectivity index (χ2v) is 4.18. The molecule has 2 rings (SSSR count). The van der Waals surface area contributed by atoms with Gasteiger partial charge in [-0.3, -0.25) is 0 Å². The summed E-state index contributed by atoms with van der Waals surface area (Å²) in [6.45, 7) is 1.68. The van der Waals surface area contributed by atoms with Gasteiger partial charge in [-0.05, 0) is 47.9 Å². The van der Waals surface area contributed by atoms with Gasteiger partial charge in [0.05, 0.1) is 7.11 Å². The maximum Gasteiger partial charge on any atom is 0.339 e. The first kappa shape index (κ1) is 13.1. The molecule has 0 aliphatic heterocycles. The smallest absolute Gasteiger partial charge is 0.339 e. The summed E-state index contributed by atoms with van der Waals surface area (Å²) < 4.78 is 18.3. The van der Waals surface area contributed by atoms with E-state index < -0.39 is 5.97 Å². The van der Waals surface area contributed by atoms with Gasteiger partial charge in [-0.2, -0.15) is 0 Å². The average Bonchev–Trinajstić information content (AvgIpc) is 2.41. The molecule has 0 amide bonds. The molecule has 19 heavy (non-hydrogen) atoms. The van der Waals surface area contributed by atoms with Crippen LogP contribution in [0.3, 0.4) is 0 Å². The molecule has 0 unspecified atom stereocenters. The van der Waals surface area contributed by atoms with Gasteiger partial charge in [0.25, 0.3) is 0 Å². The molecule has 0 aromatic heterocycles. The first-order chi connectivity index (χ1) is 9.02. The summed E-state index contributed by atoms with van der Waals surface area (Å²) >= 11 is 0. The van der Waals surface area contributed by atoms with Crippen LogP contribution in [-0.4, -0.2) is 18.2 Å². The number of ether oxygens (including phenoxy) is 1. The molecule has 0 radical (unpaired) electrons. The van der Waals surface area contributed by atoms with Gasteiger partial charge >= 0.3 is 5.97 Å². The zero-order chi connectivity index (χ0) is 14.0. The highest BCUT2D eigenvalue weighted by Crippen LogP contribution is 2.28. The number of halogens is 1. The molecule has 0 saturated carbocycles. The van der Waals surface area contributed by atoms with Gasteiger partial charge in [0.15, 0.2) is 0 Å². The number of methoxy groups -OCH3 is 1. The lowest BCUT2D eigenvalue weighted by Crippen LogP contribution is -2.00. The van der Waals surface area contributed by atoms with Gasteiger partial charge in [-0.1, -0.05) is 12.1 Å². The second kappa shape index (κ2) is 5.10. The monoisotopic (exact) mass is 260 g/mol. The van der Waals surface area contributed by atoms with Gasteiger partial charge in [0, 0.05) is 0 Å². The topological polar surface area (TPSA) is 46.5 Å². The lowest BCUT2D eigenvalue weighted by atomic mass is 10.0. The van der Waals surface area contributed by atoms with Crippen LogP contribution >= 0.6 is 0 Å². The summed E-state index contributed by atoms with van der Waals surface area (Å²) in [6.07, 6.45) is 0. The Morgan fingerprint density at radius 3 is 2.37 bits per heavy atom. The molecular formula is C15H13FO3. The Morgan fingerprint density at radius 2 is 1.79 bits per heavy atom. The molecule has 2 aromatic carbocycles. The lowest BCUT2D eigenvalue weighted by Gasteiger charge is -2.09. The summed E-state index contributed by atoms with van der Waals surface area (Å²) in [7, 11) is 1.42. The quantitative estimate of drug-likeness (QED) is 0.918. The number of aryl methyl sites for hydroxylation is 1. The van der Waals surface area contributed by atoms with E-state index in [0.29, 0.717) is 5.56 Å². The van der Waals surface area contributed by atoms with Crippen LogP contribution in [0.4, 0.5) is 4.39 Å². The highest BCUT2D eigenvalue weighted by Gasteiger charge is 2.12. The predicted molar refractivity (Wildman–Crippen MR) is 70.1 cm³/mol. The standard InChI is InChI=1S/C15H13FO3/c1-9-7-10(4-6-13(9)16)11-3-5-12(15(17)18)14(8-11)19-2/h3-8H,1-2H3,(H,17,18). The van der Waals surface area contributed by atoms with Crippen molar-refractivity contribution in [1.29, 1.82) is 0 Å². The number of carboxylic acid groups (broad SMARTS) is 1. The van der Waals surface area contributed by atoms with E-state index in [9.17, 15) is 9.18 Å². The minimum Gasteiger partial charge on any atom is -0.496 e. The first-order valence-electron chi connectivity index (χ1n) is 5.71. The van der Waals surface area contributed by atoms with E-state index in [0.717, 1.165) is 11.1 Å². The number of carbonyl (C=O) groups is 1. The first-order valence-corrected chi connectivity index (χ1v) is 5.71. The summed E-state index contributed by atoms with van der Waals surface area (Å²) in [5, 5.41) is 9.01. The minimum absolute atomic E-state index is 0.102. The molecule has 0 fully saturated rings. The molecule has 0 atom stereocenters. The third kappa shape index (κ3) is 2.57. The van der Waals surface area contributed by atoms with Gasteiger partial charge < -0.3 is 9.84 Å². The van der Waals surface area contributed by atoms with Crippen LogP contribution in [0.15, 0.2) is 36.4 Å². The molecule has 0 bridgehead atoms. The average molecular weight is 260 g/mol. The zero-order valence-electron chi connectivity index (χ0n) is 10.6. The van der Waals surface area contributed by atoms with Crippen molar-refractivity contribution in [1.82, 2.24) is 0 Å². The summed E-state index contributed by atoms with van der Waals surface area (Å²) in [5.41, 5.74) is 2.24. The minimum atomic E-state index is -1.04. The largest absolute Gasteiger partial charge is 0.496 e. The fraction of sp³-hybridized carbons (Fsp3) is 0.133. The molecule has 0 spiro atoms. The van der Waals surface area contributed by atoms with E-state index in [-0.39, 0.29) is 17.1 Å². The molecule has 0 aliphatic rings. The maximum atomic E-state index is 13.2. The van der Waals surface area contributed by atoms with Crippen LogP contribution in [0.25, 0.3) is 11.1 Å². The molecule has 98 valence electrons. The van der Waals surface area contributed by atoms with Crippen molar-refractivity contribution in [2.24, 2.45) is 0 Å². The normalized spacial score (nSPS) is 10.3. The molecular weight excluding hydrogens is 247 g/mol. The molecule has 0 heterocycles. The molecule has 0 aliphatic carbocycles. The SMILES string of the molecule is COc1cc(-c2ccc(F)c(C)c2)ccc1C(=O)O. The van der Waals surface area contributed by atoms with Crippen molar-refractivity contribution in [3.8, 4) is 16.9 Å². The Morgan fingerprint density at radius 1 is 1.16 bits per heavy atom. The molecule has 0 saturated heterocycles. The van der Waals surface area contributed by atoms with Gasteiger partial charge in [0.1, 0.15) is 17.1 Å². The molecule has 3 nitrogen and oxygen atoms in total. The van der Waals surface area contributed by atoms with E-state index in [1.807, 2.05) is 0 Å². The number of hydrogen-bond acceptors (Lipinski definition) is 2. The van der Waals surface area contributed by atoms with Crippen LogP contribution < -0.4 is 4.74 Å². The third-order valence-electron chi connectivity index (χ3n) is 2.92. The van der Waals surface area contributed by atoms with E-state index in [2.05, 4.69) is 0 Å². The summed E-state index contributed by atoms with van der Waals surface area (Å²) in [6, 6.07) is 9.55.